The minimum atomic E-state index is -0.912. The van der Waals surface area contributed by atoms with Crippen LogP contribution < -0.4 is 10.1 Å². The summed E-state index contributed by atoms with van der Waals surface area (Å²) in [6, 6.07) is 9.44. The number of esters is 1. The molecule has 2 aromatic heterocycles. The van der Waals surface area contributed by atoms with Gasteiger partial charge in [-0.3, -0.25) is 10.1 Å². The van der Waals surface area contributed by atoms with Crippen molar-refractivity contribution in [2.24, 2.45) is 0 Å². The number of ether oxygens (including phenoxy) is 2. The van der Waals surface area contributed by atoms with Crippen molar-refractivity contribution in [1.82, 2.24) is 4.98 Å². The third-order valence-corrected chi connectivity index (χ3v) is 6.95. The van der Waals surface area contributed by atoms with Crippen molar-refractivity contribution in [1.29, 1.82) is 0 Å². The maximum absolute atomic E-state index is 12.5. The van der Waals surface area contributed by atoms with Crippen LogP contribution in [-0.4, -0.2) is 30.1 Å². The number of thiazole rings is 1. The molecule has 1 aromatic carbocycles. The minimum absolute atomic E-state index is 0.402. The van der Waals surface area contributed by atoms with Gasteiger partial charge in [0.15, 0.2) is 11.2 Å². The number of benzene rings is 1. The third-order valence-electron chi connectivity index (χ3n) is 4.97. The van der Waals surface area contributed by atoms with Gasteiger partial charge in [0, 0.05) is 15.8 Å². The molecule has 4 rings (SSSR count). The fourth-order valence-electron chi connectivity index (χ4n) is 3.30. The lowest BCUT2D eigenvalue weighted by molar-refractivity contribution is -0.123. The normalized spacial score (nSPS) is 13.9. The molecule has 156 valence electrons. The Morgan fingerprint density at radius 3 is 2.67 bits per heavy atom. The van der Waals surface area contributed by atoms with Crippen LogP contribution in [0, 0.1) is 0 Å². The quantitative estimate of drug-likeness (QED) is 0.547. The number of nitrogens with zero attached hydrogens (tertiary/aromatic N) is 1. The molecule has 1 atom stereocenters. The molecule has 1 aliphatic rings. The third kappa shape index (κ3) is 4.55. The Labute approximate surface area is 182 Å². The Balaban J connectivity index is 1.35. The average molecular weight is 443 g/mol. The van der Waals surface area contributed by atoms with Crippen molar-refractivity contribution >= 4 is 39.7 Å². The minimum Gasteiger partial charge on any atom is -0.497 e. The number of amides is 1. The summed E-state index contributed by atoms with van der Waals surface area (Å²) >= 11 is 2.80. The average Bonchev–Trinajstić information content (AvgIpc) is 3.40. The second-order valence-corrected chi connectivity index (χ2v) is 9.06. The van der Waals surface area contributed by atoms with Gasteiger partial charge >= 0.3 is 5.97 Å². The van der Waals surface area contributed by atoms with Gasteiger partial charge in [0.25, 0.3) is 5.91 Å². The molecule has 0 saturated carbocycles. The summed E-state index contributed by atoms with van der Waals surface area (Å²) < 4.78 is 10.5. The fourth-order valence-corrected chi connectivity index (χ4v) is 5.16. The predicted octanol–water partition coefficient (Wildman–Crippen LogP) is 4.94. The van der Waals surface area contributed by atoms with E-state index in [1.165, 1.54) is 33.1 Å². The van der Waals surface area contributed by atoms with E-state index < -0.39 is 18.0 Å². The first-order valence-corrected chi connectivity index (χ1v) is 11.5. The molecule has 1 N–H and O–H groups in total. The van der Waals surface area contributed by atoms with E-state index in [-0.39, 0.29) is 0 Å². The van der Waals surface area contributed by atoms with Gasteiger partial charge in [0.05, 0.1) is 12.8 Å². The first-order valence-electron chi connectivity index (χ1n) is 9.77. The van der Waals surface area contributed by atoms with Crippen LogP contribution in [0.15, 0.2) is 35.7 Å². The number of carbonyl (C=O) groups is 2. The highest BCUT2D eigenvalue weighted by atomic mass is 32.1. The SMILES string of the molecule is COc1ccc(-c2csc(NC(=O)C(C)OC(=O)c3cc4c(s3)CCCC4)n2)cc1. The van der Waals surface area contributed by atoms with Crippen LogP contribution in [-0.2, 0) is 22.4 Å². The maximum Gasteiger partial charge on any atom is 0.349 e. The number of hydrogen-bond acceptors (Lipinski definition) is 7. The lowest BCUT2D eigenvalue weighted by Crippen LogP contribution is -2.29. The van der Waals surface area contributed by atoms with E-state index in [4.69, 9.17) is 9.47 Å². The summed E-state index contributed by atoms with van der Waals surface area (Å²) in [5, 5.41) is 5.05. The highest BCUT2D eigenvalue weighted by Gasteiger charge is 2.23. The zero-order chi connectivity index (χ0) is 21.1. The van der Waals surface area contributed by atoms with Crippen LogP contribution in [0.25, 0.3) is 11.3 Å². The van der Waals surface area contributed by atoms with E-state index in [0.717, 1.165) is 42.7 Å². The molecule has 2 heterocycles. The van der Waals surface area contributed by atoms with Crippen molar-refractivity contribution in [2.75, 3.05) is 12.4 Å². The molecule has 30 heavy (non-hydrogen) atoms. The molecule has 1 unspecified atom stereocenters. The van der Waals surface area contributed by atoms with Gasteiger partial charge in [-0.15, -0.1) is 22.7 Å². The van der Waals surface area contributed by atoms with Gasteiger partial charge < -0.3 is 9.47 Å². The van der Waals surface area contributed by atoms with Gasteiger partial charge in [-0.2, -0.15) is 0 Å². The van der Waals surface area contributed by atoms with Crippen LogP contribution in [0.3, 0.4) is 0 Å². The summed E-state index contributed by atoms with van der Waals surface area (Å²) in [7, 11) is 1.62. The number of anilines is 1. The van der Waals surface area contributed by atoms with Gasteiger partial charge in [-0.25, -0.2) is 9.78 Å². The number of hydrogen-bond donors (Lipinski definition) is 1. The Morgan fingerprint density at radius 1 is 1.17 bits per heavy atom. The van der Waals surface area contributed by atoms with Gasteiger partial charge in [0.2, 0.25) is 0 Å². The number of thiophene rings is 1. The first-order chi connectivity index (χ1) is 14.5. The van der Waals surface area contributed by atoms with E-state index in [9.17, 15) is 9.59 Å². The zero-order valence-electron chi connectivity index (χ0n) is 16.8. The monoisotopic (exact) mass is 442 g/mol. The number of rotatable bonds is 6. The van der Waals surface area contributed by atoms with Crippen LogP contribution >= 0.6 is 22.7 Å². The molecule has 1 aliphatic carbocycles. The molecule has 0 bridgehead atoms. The largest absolute Gasteiger partial charge is 0.497 e. The summed E-state index contributed by atoms with van der Waals surface area (Å²) in [6.45, 7) is 1.57. The number of aromatic nitrogens is 1. The molecular weight excluding hydrogens is 420 g/mol. The smallest absolute Gasteiger partial charge is 0.349 e. The molecule has 0 fully saturated rings. The molecule has 6 nitrogen and oxygen atoms in total. The molecular formula is C22H22N2O4S2. The lowest BCUT2D eigenvalue weighted by atomic mass is 9.99. The van der Waals surface area contributed by atoms with E-state index >= 15 is 0 Å². The van der Waals surface area contributed by atoms with E-state index in [0.29, 0.717) is 10.0 Å². The standard InChI is InChI=1S/C22H22N2O4S2/c1-13(28-21(26)19-11-15-5-3-4-6-18(15)30-19)20(25)24-22-23-17(12-29-22)14-7-9-16(27-2)10-8-14/h7-13H,3-6H2,1-2H3,(H,23,24,25). The number of nitrogens with one attached hydrogen (secondary N) is 1. The summed E-state index contributed by atoms with van der Waals surface area (Å²) in [5.41, 5.74) is 2.92. The molecule has 1 amide bonds. The van der Waals surface area contributed by atoms with Crippen molar-refractivity contribution in [3.8, 4) is 17.0 Å². The summed E-state index contributed by atoms with van der Waals surface area (Å²) in [4.78, 5) is 31.2. The lowest BCUT2D eigenvalue weighted by Gasteiger charge is -2.11. The zero-order valence-corrected chi connectivity index (χ0v) is 18.4. The fraction of sp³-hybridized carbons (Fsp3) is 0.318. The Hall–Kier alpha value is -2.71. The van der Waals surface area contributed by atoms with Crippen LogP contribution in [0.1, 0.15) is 39.9 Å². The maximum atomic E-state index is 12.5. The van der Waals surface area contributed by atoms with Gasteiger partial charge in [-0.1, -0.05) is 0 Å². The van der Waals surface area contributed by atoms with E-state index in [2.05, 4.69) is 10.3 Å². The first kappa shape index (κ1) is 20.6. The van der Waals surface area contributed by atoms with Crippen LogP contribution in [0.5, 0.6) is 5.75 Å². The highest BCUT2D eigenvalue weighted by Crippen LogP contribution is 2.30. The predicted molar refractivity (Wildman–Crippen MR) is 119 cm³/mol. The number of fused-ring (bicyclic) bond motifs is 1. The summed E-state index contributed by atoms with van der Waals surface area (Å²) in [5.74, 6) is -0.0832. The second kappa shape index (κ2) is 8.97. The van der Waals surface area contributed by atoms with Crippen molar-refractivity contribution in [3.05, 3.63) is 51.0 Å². The molecule has 0 spiro atoms. The highest BCUT2D eigenvalue weighted by molar-refractivity contribution is 7.14. The topological polar surface area (TPSA) is 77.5 Å². The molecule has 0 saturated heterocycles. The molecule has 3 aromatic rings. The Morgan fingerprint density at radius 2 is 1.93 bits per heavy atom. The van der Waals surface area contributed by atoms with E-state index in [1.807, 2.05) is 35.7 Å². The van der Waals surface area contributed by atoms with Crippen molar-refractivity contribution < 1.29 is 19.1 Å². The number of carbonyl (C=O) groups excluding carboxylic acids is 2. The van der Waals surface area contributed by atoms with Gasteiger partial charge in [0.1, 0.15) is 10.6 Å². The van der Waals surface area contributed by atoms with Crippen LogP contribution in [0.2, 0.25) is 0 Å². The van der Waals surface area contributed by atoms with Crippen molar-refractivity contribution in [2.45, 2.75) is 38.7 Å². The van der Waals surface area contributed by atoms with Gasteiger partial charge in [-0.05, 0) is 68.5 Å². The Kier molecular flexibility index (Phi) is 6.15. The molecule has 0 radical (unpaired) electrons. The van der Waals surface area contributed by atoms with Crippen molar-refractivity contribution in [3.63, 3.8) is 0 Å². The summed E-state index contributed by atoms with van der Waals surface area (Å²) in [6.07, 6.45) is 3.43. The number of methoxy groups -OCH3 is 1. The Bertz CT molecular complexity index is 1030. The second-order valence-electron chi connectivity index (χ2n) is 7.07. The number of aryl methyl sites for hydroxylation is 2. The molecule has 8 heteroatoms. The molecule has 0 aliphatic heterocycles. The van der Waals surface area contributed by atoms with Crippen LogP contribution in [0.4, 0.5) is 5.13 Å². The van der Waals surface area contributed by atoms with E-state index in [1.54, 1.807) is 14.0 Å².